The summed E-state index contributed by atoms with van der Waals surface area (Å²) in [5.41, 5.74) is 0.951. The molecular formula is C28H41F5N2OSi. The Morgan fingerprint density at radius 2 is 1.46 bits per heavy atom. The van der Waals surface area contributed by atoms with Crippen LogP contribution in [0.4, 0.5) is 22.0 Å². The van der Waals surface area contributed by atoms with Crippen molar-refractivity contribution in [2.24, 2.45) is 0 Å². The summed E-state index contributed by atoms with van der Waals surface area (Å²) in [6, 6.07) is 3.70. The Morgan fingerprint density at radius 1 is 0.811 bits per heavy atom. The van der Waals surface area contributed by atoms with E-state index in [-0.39, 0.29) is 29.8 Å². The number of hydrogen-bond acceptors (Lipinski definition) is 3. The van der Waals surface area contributed by atoms with Crippen LogP contribution in [0.3, 0.4) is 0 Å². The summed E-state index contributed by atoms with van der Waals surface area (Å²) in [7, 11) is -1.95. The lowest BCUT2D eigenvalue weighted by molar-refractivity contribution is -0.130. The highest BCUT2D eigenvalue weighted by atomic mass is 28.3. The summed E-state index contributed by atoms with van der Waals surface area (Å²) in [5, 5.41) is 0. The van der Waals surface area contributed by atoms with E-state index in [9.17, 15) is 22.0 Å². The number of nitrogens with zero attached hydrogens (tertiary/aromatic N) is 2. The fraction of sp³-hybridized carbons (Fsp3) is 0.643. The summed E-state index contributed by atoms with van der Waals surface area (Å²) in [6.07, 6.45) is 9.09. The standard InChI is InChI=1S/C28H41F5N2OSi/c1-4-5-6-7-8-9-10-13-22-20-34-27(35-21-22)23-14-15-24(26(30)25(23)29)36-17-11-12-18-37(2,3)19-16-28(31,32)33/h14-15,20-21H,4-13,16-19H2,1-3H3. The van der Waals surface area contributed by atoms with Crippen LogP contribution in [0.2, 0.25) is 25.2 Å². The number of aryl methyl sites for hydroxylation is 1. The SMILES string of the molecule is CCCCCCCCCc1cnc(-c2ccc(OCCCC[Si](C)(C)CCC(F)(F)F)c(F)c2F)nc1. The molecule has 9 heteroatoms. The molecule has 0 saturated heterocycles. The van der Waals surface area contributed by atoms with Crippen LogP contribution in [-0.2, 0) is 6.42 Å². The van der Waals surface area contributed by atoms with Gasteiger partial charge in [0.2, 0.25) is 5.82 Å². The molecule has 0 bridgehead atoms. The van der Waals surface area contributed by atoms with Gasteiger partial charge in [-0.15, -0.1) is 0 Å². The van der Waals surface area contributed by atoms with Gasteiger partial charge in [-0.2, -0.15) is 17.6 Å². The maximum Gasteiger partial charge on any atom is 0.388 e. The van der Waals surface area contributed by atoms with E-state index in [1.54, 1.807) is 12.4 Å². The van der Waals surface area contributed by atoms with Gasteiger partial charge in [0.05, 0.1) is 12.2 Å². The van der Waals surface area contributed by atoms with Crippen LogP contribution in [0.5, 0.6) is 5.75 Å². The lowest BCUT2D eigenvalue weighted by atomic mass is 10.1. The Labute approximate surface area is 219 Å². The van der Waals surface area contributed by atoms with Crippen molar-refractivity contribution in [1.82, 2.24) is 9.97 Å². The molecule has 2 rings (SSSR count). The predicted molar refractivity (Wildman–Crippen MR) is 142 cm³/mol. The normalized spacial score (nSPS) is 12.2. The molecule has 0 aliphatic heterocycles. The van der Waals surface area contributed by atoms with Gasteiger partial charge in [-0.3, -0.25) is 0 Å². The summed E-state index contributed by atoms with van der Waals surface area (Å²) < 4.78 is 72.1. The van der Waals surface area contributed by atoms with Crippen molar-refractivity contribution in [3.63, 3.8) is 0 Å². The quantitative estimate of drug-likeness (QED) is 0.113. The highest BCUT2D eigenvalue weighted by Crippen LogP contribution is 2.30. The van der Waals surface area contributed by atoms with Crippen LogP contribution in [-0.4, -0.2) is 30.8 Å². The third-order valence-corrected chi connectivity index (χ3v) is 9.96. The van der Waals surface area contributed by atoms with E-state index in [0.29, 0.717) is 12.8 Å². The Bertz CT molecular complexity index is 935. The molecule has 1 heterocycles. The zero-order valence-corrected chi connectivity index (χ0v) is 23.4. The molecule has 0 spiro atoms. The van der Waals surface area contributed by atoms with Gasteiger partial charge in [0.1, 0.15) is 0 Å². The average Bonchev–Trinajstić information content (AvgIpc) is 2.85. The van der Waals surface area contributed by atoms with E-state index in [4.69, 9.17) is 4.74 Å². The Morgan fingerprint density at radius 3 is 2.11 bits per heavy atom. The minimum atomic E-state index is -4.12. The van der Waals surface area contributed by atoms with E-state index in [1.807, 2.05) is 13.1 Å². The molecule has 3 nitrogen and oxygen atoms in total. The molecule has 0 radical (unpaired) electrons. The number of ether oxygens (including phenoxy) is 1. The number of rotatable bonds is 17. The third kappa shape index (κ3) is 11.9. The zero-order valence-electron chi connectivity index (χ0n) is 22.4. The smallest absolute Gasteiger partial charge is 0.388 e. The molecule has 0 atom stereocenters. The topological polar surface area (TPSA) is 35.0 Å². The van der Waals surface area contributed by atoms with Gasteiger partial charge < -0.3 is 4.74 Å². The highest BCUT2D eigenvalue weighted by molar-refractivity contribution is 6.77. The van der Waals surface area contributed by atoms with Crippen LogP contribution in [0.15, 0.2) is 24.5 Å². The van der Waals surface area contributed by atoms with Gasteiger partial charge in [0.15, 0.2) is 17.4 Å². The molecule has 0 aliphatic rings. The van der Waals surface area contributed by atoms with Gasteiger partial charge in [-0.25, -0.2) is 14.4 Å². The van der Waals surface area contributed by atoms with Crippen LogP contribution >= 0.6 is 0 Å². The maximum atomic E-state index is 14.7. The van der Waals surface area contributed by atoms with E-state index >= 15 is 0 Å². The zero-order chi connectivity index (χ0) is 27.3. The molecule has 208 valence electrons. The van der Waals surface area contributed by atoms with Crippen LogP contribution in [0.25, 0.3) is 11.4 Å². The van der Waals surface area contributed by atoms with Gasteiger partial charge in [-0.1, -0.05) is 71.0 Å². The Kier molecular flexibility index (Phi) is 13.0. The minimum absolute atomic E-state index is 0.0234. The van der Waals surface area contributed by atoms with E-state index in [0.717, 1.165) is 30.9 Å². The number of hydrogen-bond donors (Lipinski definition) is 0. The van der Waals surface area contributed by atoms with Gasteiger partial charge in [0, 0.05) is 26.9 Å². The summed E-state index contributed by atoms with van der Waals surface area (Å²) >= 11 is 0. The highest BCUT2D eigenvalue weighted by Gasteiger charge is 2.31. The van der Waals surface area contributed by atoms with Gasteiger partial charge in [0.25, 0.3) is 0 Å². The molecule has 1 aromatic carbocycles. The fourth-order valence-corrected chi connectivity index (χ4v) is 6.64. The molecule has 0 N–H and O–H groups in total. The average molecular weight is 545 g/mol. The molecular weight excluding hydrogens is 503 g/mol. The molecule has 0 fully saturated rings. The summed E-state index contributed by atoms with van der Waals surface area (Å²) in [5.74, 6) is -2.21. The number of benzene rings is 1. The minimum Gasteiger partial charge on any atom is -0.490 e. The van der Waals surface area contributed by atoms with Gasteiger partial charge in [-0.05, 0) is 43.0 Å². The Balaban J connectivity index is 1.79. The van der Waals surface area contributed by atoms with Crippen molar-refractivity contribution >= 4 is 8.07 Å². The number of aromatic nitrogens is 2. The van der Waals surface area contributed by atoms with Crippen molar-refractivity contribution in [3.8, 4) is 17.1 Å². The largest absolute Gasteiger partial charge is 0.490 e. The first kappa shape index (κ1) is 31.2. The van der Waals surface area contributed by atoms with Crippen LogP contribution < -0.4 is 4.74 Å². The monoisotopic (exact) mass is 544 g/mol. The third-order valence-electron chi connectivity index (χ3n) is 6.65. The van der Waals surface area contributed by atoms with E-state index in [1.165, 1.54) is 44.2 Å². The van der Waals surface area contributed by atoms with Crippen molar-refractivity contribution in [2.75, 3.05) is 6.61 Å². The summed E-state index contributed by atoms with van der Waals surface area (Å²) in [4.78, 5) is 8.47. The molecule has 0 aliphatic carbocycles. The first-order chi connectivity index (χ1) is 17.5. The molecule has 0 unspecified atom stereocenters. The molecule has 1 aromatic heterocycles. The first-order valence-electron chi connectivity index (χ1n) is 13.5. The molecule has 0 amide bonds. The second-order valence-corrected chi connectivity index (χ2v) is 15.9. The second kappa shape index (κ2) is 15.4. The maximum absolute atomic E-state index is 14.7. The number of alkyl halides is 3. The first-order valence-corrected chi connectivity index (χ1v) is 16.9. The molecule has 2 aromatic rings. The lowest BCUT2D eigenvalue weighted by Gasteiger charge is -2.23. The molecule has 37 heavy (non-hydrogen) atoms. The number of halogens is 5. The second-order valence-electron chi connectivity index (χ2n) is 10.6. The van der Waals surface area contributed by atoms with Crippen molar-refractivity contribution in [1.29, 1.82) is 0 Å². The fourth-order valence-electron chi connectivity index (χ4n) is 4.22. The Hall–Kier alpha value is -2.03. The lowest BCUT2D eigenvalue weighted by Crippen LogP contribution is -2.27. The van der Waals surface area contributed by atoms with Gasteiger partial charge >= 0.3 is 6.18 Å². The van der Waals surface area contributed by atoms with Crippen LogP contribution in [0, 0.1) is 11.6 Å². The molecule has 0 saturated carbocycles. The van der Waals surface area contributed by atoms with E-state index < -0.39 is 32.3 Å². The van der Waals surface area contributed by atoms with E-state index in [2.05, 4.69) is 16.9 Å². The summed E-state index contributed by atoms with van der Waals surface area (Å²) in [6.45, 7) is 6.26. The van der Waals surface area contributed by atoms with Crippen molar-refractivity contribution in [2.45, 2.75) is 109 Å². The van der Waals surface area contributed by atoms with Crippen molar-refractivity contribution in [3.05, 3.63) is 41.7 Å². The van der Waals surface area contributed by atoms with Crippen LogP contribution in [0.1, 0.15) is 76.7 Å². The number of unbranched alkanes of at least 4 members (excludes halogenated alkanes) is 7. The predicted octanol–water partition coefficient (Wildman–Crippen LogP) is 9.53. The van der Waals surface area contributed by atoms with Crippen molar-refractivity contribution < 1.29 is 26.7 Å².